The SMILES string of the molecule is CC1(C)CCCN(C(=O)CN2CCC(N)CC2)CC1. The molecule has 2 aliphatic heterocycles. The molecule has 2 N–H and O–H groups in total. The Morgan fingerprint density at radius 2 is 1.84 bits per heavy atom. The van der Waals surface area contributed by atoms with Gasteiger partial charge in [-0.15, -0.1) is 0 Å². The van der Waals surface area contributed by atoms with Gasteiger partial charge in [0.1, 0.15) is 0 Å². The van der Waals surface area contributed by atoms with E-state index in [1.165, 1.54) is 6.42 Å². The van der Waals surface area contributed by atoms with Crippen molar-refractivity contribution in [2.45, 2.75) is 52.0 Å². The van der Waals surface area contributed by atoms with Gasteiger partial charge in [-0.3, -0.25) is 9.69 Å². The molecule has 2 saturated heterocycles. The zero-order valence-corrected chi connectivity index (χ0v) is 12.5. The van der Waals surface area contributed by atoms with Crippen LogP contribution in [0.1, 0.15) is 46.0 Å². The molecule has 0 aromatic carbocycles. The zero-order chi connectivity index (χ0) is 13.9. The summed E-state index contributed by atoms with van der Waals surface area (Å²) in [5.74, 6) is 0.313. The lowest BCUT2D eigenvalue weighted by Crippen LogP contribution is -2.46. The third-order valence-corrected chi connectivity index (χ3v) is 4.68. The van der Waals surface area contributed by atoms with Crippen molar-refractivity contribution < 1.29 is 4.79 Å². The number of nitrogens with two attached hydrogens (primary N) is 1. The summed E-state index contributed by atoms with van der Waals surface area (Å²) >= 11 is 0. The van der Waals surface area contributed by atoms with Crippen LogP contribution in [0.25, 0.3) is 0 Å². The van der Waals surface area contributed by atoms with Crippen LogP contribution in [-0.4, -0.2) is 54.5 Å². The zero-order valence-electron chi connectivity index (χ0n) is 12.5. The summed E-state index contributed by atoms with van der Waals surface area (Å²) in [6.45, 7) is 9.04. The second-order valence-corrected chi connectivity index (χ2v) is 7.01. The van der Waals surface area contributed by atoms with E-state index in [0.717, 1.165) is 51.9 Å². The van der Waals surface area contributed by atoms with Gasteiger partial charge in [0.25, 0.3) is 0 Å². The van der Waals surface area contributed by atoms with Crippen molar-refractivity contribution in [3.05, 3.63) is 0 Å². The predicted molar refractivity (Wildman–Crippen MR) is 77.9 cm³/mol. The standard InChI is InChI=1S/C15H29N3O/c1-15(2)6-3-8-18(11-7-15)14(19)12-17-9-4-13(16)5-10-17/h13H,3-12,16H2,1-2H3. The second-order valence-electron chi connectivity index (χ2n) is 7.01. The van der Waals surface area contributed by atoms with Crippen molar-refractivity contribution in [2.75, 3.05) is 32.7 Å². The number of piperidine rings is 1. The molecule has 0 unspecified atom stereocenters. The molecule has 0 bridgehead atoms. The Bertz CT molecular complexity index is 309. The Balaban J connectivity index is 1.79. The van der Waals surface area contributed by atoms with Gasteiger partial charge < -0.3 is 10.6 Å². The number of hydrogen-bond donors (Lipinski definition) is 1. The lowest BCUT2D eigenvalue weighted by atomic mass is 9.85. The van der Waals surface area contributed by atoms with E-state index in [0.29, 0.717) is 23.9 Å². The molecule has 2 aliphatic rings. The minimum atomic E-state index is 0.313. The fourth-order valence-electron chi connectivity index (χ4n) is 3.07. The first-order valence-electron chi connectivity index (χ1n) is 7.72. The molecule has 0 aromatic rings. The number of hydrogen-bond acceptors (Lipinski definition) is 3. The van der Waals surface area contributed by atoms with E-state index < -0.39 is 0 Å². The summed E-state index contributed by atoms with van der Waals surface area (Å²) in [5.41, 5.74) is 6.29. The molecular weight excluding hydrogens is 238 g/mol. The Hall–Kier alpha value is -0.610. The Morgan fingerprint density at radius 1 is 1.16 bits per heavy atom. The Kier molecular flexibility index (Phi) is 4.85. The lowest BCUT2D eigenvalue weighted by molar-refractivity contribution is -0.132. The number of likely N-dealkylation sites (tertiary alicyclic amines) is 2. The van der Waals surface area contributed by atoms with Crippen molar-refractivity contribution in [3.63, 3.8) is 0 Å². The first-order valence-corrected chi connectivity index (χ1v) is 7.72. The van der Waals surface area contributed by atoms with Crippen LogP contribution in [0, 0.1) is 5.41 Å². The van der Waals surface area contributed by atoms with Gasteiger partial charge in [-0.2, -0.15) is 0 Å². The van der Waals surface area contributed by atoms with Gasteiger partial charge in [0.2, 0.25) is 5.91 Å². The monoisotopic (exact) mass is 267 g/mol. The molecule has 0 aliphatic carbocycles. The van der Waals surface area contributed by atoms with E-state index in [1.54, 1.807) is 0 Å². The molecule has 0 saturated carbocycles. The van der Waals surface area contributed by atoms with Crippen LogP contribution in [0.3, 0.4) is 0 Å². The molecule has 2 rings (SSSR count). The van der Waals surface area contributed by atoms with Crippen LogP contribution in [0.2, 0.25) is 0 Å². The van der Waals surface area contributed by atoms with Crippen LogP contribution >= 0.6 is 0 Å². The maximum atomic E-state index is 12.4. The molecule has 4 nitrogen and oxygen atoms in total. The highest BCUT2D eigenvalue weighted by Gasteiger charge is 2.26. The maximum absolute atomic E-state index is 12.4. The van der Waals surface area contributed by atoms with Gasteiger partial charge in [-0.25, -0.2) is 0 Å². The summed E-state index contributed by atoms with van der Waals surface area (Å²) in [6, 6.07) is 0.338. The van der Waals surface area contributed by atoms with Crippen LogP contribution < -0.4 is 5.73 Å². The van der Waals surface area contributed by atoms with Crippen LogP contribution in [0.5, 0.6) is 0 Å². The minimum Gasteiger partial charge on any atom is -0.342 e. The van der Waals surface area contributed by atoms with Crippen molar-refractivity contribution >= 4 is 5.91 Å². The van der Waals surface area contributed by atoms with E-state index in [-0.39, 0.29) is 0 Å². The second kappa shape index (κ2) is 6.23. The third-order valence-electron chi connectivity index (χ3n) is 4.68. The summed E-state index contributed by atoms with van der Waals surface area (Å²) < 4.78 is 0. The molecule has 2 heterocycles. The third kappa shape index (κ3) is 4.46. The highest BCUT2D eigenvalue weighted by molar-refractivity contribution is 5.78. The van der Waals surface area contributed by atoms with Crippen molar-refractivity contribution in [2.24, 2.45) is 11.1 Å². The smallest absolute Gasteiger partial charge is 0.236 e. The first kappa shape index (κ1) is 14.8. The van der Waals surface area contributed by atoms with Crippen molar-refractivity contribution in [1.82, 2.24) is 9.80 Å². The Morgan fingerprint density at radius 3 is 2.53 bits per heavy atom. The number of rotatable bonds is 2. The molecule has 110 valence electrons. The average Bonchev–Trinajstić information content (AvgIpc) is 2.53. The molecule has 2 fully saturated rings. The topological polar surface area (TPSA) is 49.6 Å². The molecule has 4 heteroatoms. The van der Waals surface area contributed by atoms with Gasteiger partial charge in [0.05, 0.1) is 6.54 Å². The molecule has 1 amide bonds. The van der Waals surface area contributed by atoms with Gasteiger partial charge in [0, 0.05) is 32.2 Å². The highest BCUT2D eigenvalue weighted by atomic mass is 16.2. The summed E-state index contributed by atoms with van der Waals surface area (Å²) in [5, 5.41) is 0. The van der Waals surface area contributed by atoms with Crippen LogP contribution in [-0.2, 0) is 4.79 Å². The minimum absolute atomic E-state index is 0.313. The average molecular weight is 267 g/mol. The number of carbonyl (C=O) groups excluding carboxylic acids is 1. The van der Waals surface area contributed by atoms with Gasteiger partial charge in [-0.05, 0) is 37.5 Å². The van der Waals surface area contributed by atoms with Crippen LogP contribution in [0.4, 0.5) is 0 Å². The van der Waals surface area contributed by atoms with E-state index in [1.807, 2.05) is 0 Å². The van der Waals surface area contributed by atoms with Gasteiger partial charge in [0.15, 0.2) is 0 Å². The molecule has 0 aromatic heterocycles. The Labute approximate surface area is 117 Å². The summed E-state index contributed by atoms with van der Waals surface area (Å²) in [6.07, 6.45) is 5.56. The predicted octanol–water partition coefficient (Wildman–Crippen LogP) is 1.45. The van der Waals surface area contributed by atoms with E-state index in [4.69, 9.17) is 5.73 Å². The largest absolute Gasteiger partial charge is 0.342 e. The molecule has 0 radical (unpaired) electrons. The van der Waals surface area contributed by atoms with Crippen molar-refractivity contribution in [1.29, 1.82) is 0 Å². The van der Waals surface area contributed by atoms with E-state index in [2.05, 4.69) is 23.6 Å². The number of carbonyl (C=O) groups is 1. The molecule has 19 heavy (non-hydrogen) atoms. The maximum Gasteiger partial charge on any atom is 0.236 e. The first-order chi connectivity index (χ1) is 8.96. The van der Waals surface area contributed by atoms with E-state index >= 15 is 0 Å². The van der Waals surface area contributed by atoms with Gasteiger partial charge >= 0.3 is 0 Å². The van der Waals surface area contributed by atoms with Crippen LogP contribution in [0.15, 0.2) is 0 Å². The molecule has 0 atom stereocenters. The summed E-state index contributed by atoms with van der Waals surface area (Å²) in [4.78, 5) is 16.7. The van der Waals surface area contributed by atoms with Gasteiger partial charge in [-0.1, -0.05) is 13.8 Å². The molecular formula is C15H29N3O. The number of amides is 1. The number of nitrogens with zero attached hydrogens (tertiary/aromatic N) is 2. The fourth-order valence-corrected chi connectivity index (χ4v) is 3.07. The quantitative estimate of drug-likeness (QED) is 0.824. The molecule has 0 spiro atoms. The highest BCUT2D eigenvalue weighted by Crippen LogP contribution is 2.29. The van der Waals surface area contributed by atoms with E-state index in [9.17, 15) is 4.79 Å². The lowest BCUT2D eigenvalue weighted by Gasteiger charge is -2.31. The van der Waals surface area contributed by atoms with Crippen molar-refractivity contribution in [3.8, 4) is 0 Å². The summed E-state index contributed by atoms with van der Waals surface area (Å²) in [7, 11) is 0. The fraction of sp³-hybridized carbons (Fsp3) is 0.933. The normalized spacial score (nSPS) is 26.2.